The maximum Gasteiger partial charge on any atom is 0.264 e. The highest BCUT2D eigenvalue weighted by Crippen LogP contribution is 2.20. The van der Waals surface area contributed by atoms with Gasteiger partial charge in [-0.05, 0) is 31.9 Å². The first-order valence-electron chi connectivity index (χ1n) is 7.80. The van der Waals surface area contributed by atoms with Crippen molar-refractivity contribution in [1.29, 1.82) is 0 Å². The Morgan fingerprint density at radius 1 is 1.09 bits per heavy atom. The van der Waals surface area contributed by atoms with Crippen LogP contribution in [-0.4, -0.2) is 19.3 Å². The van der Waals surface area contributed by atoms with Crippen LogP contribution in [0.25, 0.3) is 16.7 Å². The highest BCUT2D eigenvalue weighted by atomic mass is 16.1. The molecule has 0 spiro atoms. The molecular weight excluding hydrogens is 276 g/mol. The number of benzene rings is 1. The molecule has 112 valence electrons. The topological polar surface area (TPSA) is 52.7 Å². The maximum absolute atomic E-state index is 12.9. The first-order chi connectivity index (χ1) is 10.8. The van der Waals surface area contributed by atoms with Gasteiger partial charge in [-0.3, -0.25) is 9.36 Å². The van der Waals surface area contributed by atoms with Crippen LogP contribution in [-0.2, 0) is 13.0 Å². The molecule has 1 aromatic carbocycles. The van der Waals surface area contributed by atoms with E-state index in [9.17, 15) is 4.79 Å². The van der Waals surface area contributed by atoms with Gasteiger partial charge in [0.05, 0.1) is 11.4 Å². The quantitative estimate of drug-likeness (QED) is 0.693. The lowest BCUT2D eigenvalue weighted by Crippen LogP contribution is -2.24. The molecule has 4 rings (SSSR count). The van der Waals surface area contributed by atoms with Crippen LogP contribution in [0.15, 0.2) is 35.1 Å². The summed E-state index contributed by atoms with van der Waals surface area (Å²) in [5.74, 6) is 0.895. The van der Waals surface area contributed by atoms with Crippen LogP contribution in [0.3, 0.4) is 0 Å². The minimum atomic E-state index is 0.0570. The van der Waals surface area contributed by atoms with Crippen molar-refractivity contribution in [3.8, 4) is 5.69 Å². The minimum absolute atomic E-state index is 0.0570. The normalized spacial score (nSPS) is 14.8. The summed E-state index contributed by atoms with van der Waals surface area (Å²) in [6, 6.07) is 9.87. The van der Waals surface area contributed by atoms with Crippen molar-refractivity contribution < 1.29 is 0 Å². The zero-order valence-electron chi connectivity index (χ0n) is 12.6. The average Bonchev–Trinajstić information content (AvgIpc) is 2.72. The zero-order chi connectivity index (χ0) is 15.1. The van der Waals surface area contributed by atoms with Crippen LogP contribution in [0.5, 0.6) is 0 Å². The summed E-state index contributed by atoms with van der Waals surface area (Å²) < 4.78 is 3.64. The lowest BCUT2D eigenvalue weighted by Gasteiger charge is -2.09. The summed E-state index contributed by atoms with van der Waals surface area (Å²) in [5, 5.41) is 5.20. The second-order valence-electron chi connectivity index (χ2n) is 5.83. The lowest BCUT2D eigenvalue weighted by molar-refractivity contribution is 0.613. The van der Waals surface area contributed by atoms with Gasteiger partial charge < -0.3 is 0 Å². The van der Waals surface area contributed by atoms with Crippen LogP contribution < -0.4 is 5.56 Å². The Hall–Kier alpha value is -2.43. The summed E-state index contributed by atoms with van der Waals surface area (Å²) in [6.45, 7) is 2.65. The second kappa shape index (κ2) is 5.09. The van der Waals surface area contributed by atoms with Crippen LogP contribution >= 0.6 is 0 Å². The third-order valence-corrected chi connectivity index (χ3v) is 4.32. The van der Waals surface area contributed by atoms with Crippen molar-refractivity contribution in [2.45, 2.75) is 39.2 Å². The van der Waals surface area contributed by atoms with Gasteiger partial charge in [0.15, 0.2) is 5.65 Å². The van der Waals surface area contributed by atoms with Gasteiger partial charge in [0.25, 0.3) is 5.56 Å². The first kappa shape index (κ1) is 13.2. The van der Waals surface area contributed by atoms with Crippen molar-refractivity contribution in [3.63, 3.8) is 0 Å². The zero-order valence-corrected chi connectivity index (χ0v) is 12.6. The third kappa shape index (κ3) is 1.96. The molecule has 22 heavy (non-hydrogen) atoms. The van der Waals surface area contributed by atoms with Gasteiger partial charge in [0, 0.05) is 13.0 Å². The predicted octanol–water partition coefficient (Wildman–Crippen LogP) is 2.62. The second-order valence-corrected chi connectivity index (χ2v) is 5.83. The highest BCUT2D eigenvalue weighted by molar-refractivity contribution is 5.78. The molecule has 0 N–H and O–H groups in total. The van der Waals surface area contributed by atoms with Gasteiger partial charge in [-0.25, -0.2) is 9.67 Å². The van der Waals surface area contributed by atoms with E-state index in [0.29, 0.717) is 11.0 Å². The molecular formula is C17H18N4O. The number of hydrogen-bond acceptors (Lipinski definition) is 3. The van der Waals surface area contributed by atoms with E-state index in [1.807, 2.05) is 41.8 Å². The first-order valence-corrected chi connectivity index (χ1v) is 7.80. The Labute approximate surface area is 128 Å². The Morgan fingerprint density at radius 3 is 2.73 bits per heavy atom. The van der Waals surface area contributed by atoms with Crippen molar-refractivity contribution in [1.82, 2.24) is 19.3 Å². The van der Waals surface area contributed by atoms with E-state index in [1.54, 1.807) is 4.68 Å². The summed E-state index contributed by atoms with van der Waals surface area (Å²) in [6.07, 6.45) is 4.16. The molecule has 1 aliphatic rings. The largest absolute Gasteiger partial charge is 0.296 e. The molecule has 5 heteroatoms. The average molecular weight is 294 g/mol. The molecule has 1 aliphatic heterocycles. The summed E-state index contributed by atoms with van der Waals surface area (Å²) >= 11 is 0. The molecule has 3 aromatic rings. The van der Waals surface area contributed by atoms with E-state index in [0.717, 1.165) is 49.4 Å². The number of aryl methyl sites for hydroxylation is 2. The molecule has 0 saturated heterocycles. The molecule has 2 aromatic heterocycles. The summed E-state index contributed by atoms with van der Waals surface area (Å²) in [7, 11) is 0. The SMILES string of the molecule is Cc1nn(-c2ccccc2)c2nc3n(c(=O)c12)CCCCC3. The Morgan fingerprint density at radius 2 is 1.91 bits per heavy atom. The monoisotopic (exact) mass is 294 g/mol. The molecule has 0 fully saturated rings. The van der Waals surface area contributed by atoms with E-state index in [2.05, 4.69) is 5.10 Å². The maximum atomic E-state index is 12.9. The Bertz CT molecular complexity index is 892. The molecule has 0 bridgehead atoms. The van der Waals surface area contributed by atoms with E-state index in [1.165, 1.54) is 0 Å². The van der Waals surface area contributed by atoms with Crippen molar-refractivity contribution in [3.05, 3.63) is 52.2 Å². The van der Waals surface area contributed by atoms with Gasteiger partial charge in [-0.15, -0.1) is 0 Å². The Kier molecular flexibility index (Phi) is 3.06. The Balaban J connectivity index is 2.04. The fourth-order valence-electron chi connectivity index (χ4n) is 3.20. The molecule has 0 amide bonds. The number of para-hydroxylation sites is 1. The van der Waals surface area contributed by atoms with Crippen molar-refractivity contribution in [2.24, 2.45) is 0 Å². The van der Waals surface area contributed by atoms with Gasteiger partial charge in [-0.2, -0.15) is 5.10 Å². The van der Waals surface area contributed by atoms with Crippen LogP contribution in [0, 0.1) is 6.92 Å². The number of rotatable bonds is 1. The van der Waals surface area contributed by atoms with Gasteiger partial charge in [-0.1, -0.05) is 24.6 Å². The lowest BCUT2D eigenvalue weighted by atomic mass is 10.2. The number of aromatic nitrogens is 4. The summed E-state index contributed by atoms with van der Waals surface area (Å²) in [5.41, 5.74) is 2.42. The number of nitrogens with zero attached hydrogens (tertiary/aromatic N) is 4. The molecule has 0 unspecified atom stereocenters. The number of fused-ring (bicyclic) bond motifs is 2. The fourth-order valence-corrected chi connectivity index (χ4v) is 3.20. The molecule has 0 radical (unpaired) electrons. The molecule has 0 saturated carbocycles. The smallest absolute Gasteiger partial charge is 0.264 e. The molecule has 0 atom stereocenters. The fraction of sp³-hybridized carbons (Fsp3) is 0.353. The van der Waals surface area contributed by atoms with E-state index in [4.69, 9.17) is 4.98 Å². The number of hydrogen-bond donors (Lipinski definition) is 0. The third-order valence-electron chi connectivity index (χ3n) is 4.32. The standard InChI is InChI=1S/C17H18N4O/c1-12-15-16(21(19-12)13-8-4-2-5-9-13)18-14-10-6-3-7-11-20(14)17(15)22/h2,4-5,8-9H,3,6-7,10-11H2,1H3. The van der Waals surface area contributed by atoms with Gasteiger partial charge in [0.2, 0.25) is 0 Å². The molecule has 3 heterocycles. The van der Waals surface area contributed by atoms with Gasteiger partial charge >= 0.3 is 0 Å². The van der Waals surface area contributed by atoms with Crippen LogP contribution in [0.4, 0.5) is 0 Å². The van der Waals surface area contributed by atoms with E-state index in [-0.39, 0.29) is 5.56 Å². The van der Waals surface area contributed by atoms with Crippen LogP contribution in [0.2, 0.25) is 0 Å². The van der Waals surface area contributed by atoms with Crippen molar-refractivity contribution >= 4 is 11.0 Å². The summed E-state index contributed by atoms with van der Waals surface area (Å²) in [4.78, 5) is 17.7. The van der Waals surface area contributed by atoms with E-state index >= 15 is 0 Å². The highest BCUT2D eigenvalue weighted by Gasteiger charge is 2.19. The molecule has 0 aliphatic carbocycles. The van der Waals surface area contributed by atoms with Gasteiger partial charge in [0.1, 0.15) is 11.2 Å². The molecule has 5 nitrogen and oxygen atoms in total. The van der Waals surface area contributed by atoms with Crippen molar-refractivity contribution in [2.75, 3.05) is 0 Å². The van der Waals surface area contributed by atoms with Crippen LogP contribution in [0.1, 0.15) is 30.8 Å². The predicted molar refractivity (Wildman–Crippen MR) is 85.4 cm³/mol. The minimum Gasteiger partial charge on any atom is -0.296 e. The van der Waals surface area contributed by atoms with E-state index < -0.39 is 0 Å².